The first kappa shape index (κ1) is 12.9. The van der Waals surface area contributed by atoms with Gasteiger partial charge in [0.2, 0.25) is 5.91 Å². The Bertz CT molecular complexity index is 593. The van der Waals surface area contributed by atoms with Crippen LogP contribution < -0.4 is 5.32 Å². The largest absolute Gasteiger partial charge is 0.354 e. The number of fused-ring (bicyclic) bond motifs is 1. The number of amides is 1. The fourth-order valence-electron chi connectivity index (χ4n) is 2.90. The third-order valence-electron chi connectivity index (χ3n) is 3.86. The van der Waals surface area contributed by atoms with Crippen LogP contribution in [-0.4, -0.2) is 29.6 Å². The quantitative estimate of drug-likeness (QED) is 0.891. The maximum Gasteiger partial charge on any atom is 0.227 e. The van der Waals surface area contributed by atoms with Gasteiger partial charge in [-0.1, -0.05) is 19.1 Å². The number of hydrogen-bond acceptors (Lipinski definition) is 4. The molecular formula is C15H17N3O2. The number of benzene rings is 1. The molecule has 0 radical (unpaired) electrons. The molecule has 0 aromatic heterocycles. The van der Waals surface area contributed by atoms with Crippen LogP contribution in [0.1, 0.15) is 30.9 Å². The molecule has 1 atom stereocenters. The van der Waals surface area contributed by atoms with Gasteiger partial charge < -0.3 is 15.0 Å². The second kappa shape index (κ2) is 4.80. The zero-order valence-electron chi connectivity index (χ0n) is 11.5. The summed E-state index contributed by atoms with van der Waals surface area (Å²) in [7, 11) is 0. The minimum absolute atomic E-state index is 0.109. The molecule has 0 bridgehead atoms. The molecule has 1 unspecified atom stereocenters. The summed E-state index contributed by atoms with van der Waals surface area (Å²) in [6, 6.07) is 7.77. The van der Waals surface area contributed by atoms with E-state index in [1.54, 1.807) is 6.07 Å². The van der Waals surface area contributed by atoms with Crippen LogP contribution in [0.4, 0.5) is 5.69 Å². The van der Waals surface area contributed by atoms with Crippen molar-refractivity contribution in [2.75, 3.05) is 18.4 Å². The van der Waals surface area contributed by atoms with E-state index in [1.165, 1.54) is 0 Å². The summed E-state index contributed by atoms with van der Waals surface area (Å²) in [4.78, 5) is 13.9. The third-order valence-corrected chi connectivity index (χ3v) is 3.86. The molecular weight excluding hydrogens is 254 g/mol. The molecule has 1 spiro atoms. The minimum Gasteiger partial charge on any atom is -0.354 e. The summed E-state index contributed by atoms with van der Waals surface area (Å²) in [6.45, 7) is 3.78. The molecule has 0 aliphatic carbocycles. The van der Waals surface area contributed by atoms with Crippen LogP contribution in [0.15, 0.2) is 18.2 Å². The van der Waals surface area contributed by atoms with Crippen molar-refractivity contribution in [3.05, 3.63) is 29.3 Å². The summed E-state index contributed by atoms with van der Waals surface area (Å²) >= 11 is 0. The Hall–Kier alpha value is -2.06. The van der Waals surface area contributed by atoms with Gasteiger partial charge in [-0.3, -0.25) is 4.79 Å². The van der Waals surface area contributed by atoms with E-state index in [1.807, 2.05) is 17.0 Å². The SMILES string of the molecule is CCCN1CC2(CC1=O)Nc1c(C#N)cccc1CO2. The van der Waals surface area contributed by atoms with Gasteiger partial charge in [-0.05, 0) is 12.5 Å². The molecule has 1 saturated heterocycles. The number of carbonyl (C=O) groups is 1. The Morgan fingerprint density at radius 1 is 1.55 bits per heavy atom. The molecule has 20 heavy (non-hydrogen) atoms. The molecule has 5 nitrogen and oxygen atoms in total. The molecule has 2 aliphatic heterocycles. The first-order chi connectivity index (χ1) is 9.67. The van der Waals surface area contributed by atoms with Crippen molar-refractivity contribution in [2.45, 2.75) is 32.1 Å². The molecule has 2 heterocycles. The van der Waals surface area contributed by atoms with Gasteiger partial charge in [0, 0.05) is 12.1 Å². The van der Waals surface area contributed by atoms with E-state index >= 15 is 0 Å². The Balaban J connectivity index is 1.89. The Morgan fingerprint density at radius 2 is 2.40 bits per heavy atom. The van der Waals surface area contributed by atoms with Gasteiger partial charge in [0.05, 0.1) is 30.8 Å². The summed E-state index contributed by atoms with van der Waals surface area (Å²) < 4.78 is 5.92. The lowest BCUT2D eigenvalue weighted by Gasteiger charge is -2.36. The van der Waals surface area contributed by atoms with Crippen LogP contribution in [0.3, 0.4) is 0 Å². The molecule has 1 amide bonds. The number of anilines is 1. The van der Waals surface area contributed by atoms with E-state index in [0.29, 0.717) is 25.1 Å². The van der Waals surface area contributed by atoms with E-state index in [-0.39, 0.29) is 5.91 Å². The Labute approximate surface area is 118 Å². The number of carbonyl (C=O) groups excluding carboxylic acids is 1. The number of nitriles is 1. The van der Waals surface area contributed by atoms with E-state index < -0.39 is 5.72 Å². The maximum absolute atomic E-state index is 12.0. The third kappa shape index (κ3) is 2.02. The van der Waals surface area contributed by atoms with E-state index in [0.717, 1.165) is 24.2 Å². The highest BCUT2D eigenvalue weighted by molar-refractivity contribution is 5.81. The molecule has 1 aromatic carbocycles. The second-order valence-electron chi connectivity index (χ2n) is 5.35. The molecule has 2 aliphatic rings. The van der Waals surface area contributed by atoms with Crippen molar-refractivity contribution >= 4 is 11.6 Å². The van der Waals surface area contributed by atoms with Crippen LogP contribution in [0.5, 0.6) is 0 Å². The number of nitrogens with zero attached hydrogens (tertiary/aromatic N) is 2. The number of hydrogen-bond donors (Lipinski definition) is 1. The van der Waals surface area contributed by atoms with E-state index in [9.17, 15) is 10.1 Å². The highest BCUT2D eigenvalue weighted by Crippen LogP contribution is 2.36. The van der Waals surface area contributed by atoms with Gasteiger partial charge >= 0.3 is 0 Å². The van der Waals surface area contributed by atoms with Crippen LogP contribution in [0.25, 0.3) is 0 Å². The van der Waals surface area contributed by atoms with Gasteiger partial charge in [-0.25, -0.2) is 0 Å². The minimum atomic E-state index is -0.674. The van der Waals surface area contributed by atoms with Crippen LogP contribution in [0.2, 0.25) is 0 Å². The van der Waals surface area contributed by atoms with Crippen molar-refractivity contribution in [1.29, 1.82) is 5.26 Å². The highest BCUT2D eigenvalue weighted by Gasteiger charge is 2.46. The van der Waals surface area contributed by atoms with Gasteiger partial charge in [0.25, 0.3) is 0 Å². The lowest BCUT2D eigenvalue weighted by molar-refractivity contribution is -0.128. The molecule has 104 valence electrons. The van der Waals surface area contributed by atoms with Crippen molar-refractivity contribution in [3.63, 3.8) is 0 Å². The predicted octanol–water partition coefficient (Wildman–Crippen LogP) is 1.84. The molecule has 1 N–H and O–H groups in total. The Morgan fingerprint density at radius 3 is 3.15 bits per heavy atom. The van der Waals surface area contributed by atoms with Crippen LogP contribution in [0, 0.1) is 11.3 Å². The average Bonchev–Trinajstić information content (AvgIpc) is 2.74. The molecule has 1 fully saturated rings. The van der Waals surface area contributed by atoms with Crippen molar-refractivity contribution in [3.8, 4) is 6.07 Å². The predicted molar refractivity (Wildman–Crippen MR) is 73.8 cm³/mol. The normalized spacial score (nSPS) is 24.4. The topological polar surface area (TPSA) is 65.4 Å². The lowest BCUT2D eigenvalue weighted by atomic mass is 10.0. The summed E-state index contributed by atoms with van der Waals surface area (Å²) in [5.74, 6) is 0.109. The zero-order valence-corrected chi connectivity index (χ0v) is 11.5. The van der Waals surface area contributed by atoms with Gasteiger partial charge in [-0.2, -0.15) is 5.26 Å². The number of para-hydroxylation sites is 1. The molecule has 1 aromatic rings. The standard InChI is InChI=1S/C15H17N3O2/c1-2-6-18-10-15(7-13(18)19)17-14-11(8-16)4-3-5-12(14)9-20-15/h3-5,17H,2,6-7,9-10H2,1H3. The smallest absolute Gasteiger partial charge is 0.227 e. The van der Waals surface area contributed by atoms with Gasteiger partial charge in [-0.15, -0.1) is 0 Å². The first-order valence-corrected chi connectivity index (χ1v) is 6.89. The van der Waals surface area contributed by atoms with Crippen LogP contribution in [-0.2, 0) is 16.1 Å². The second-order valence-corrected chi connectivity index (χ2v) is 5.35. The number of rotatable bonds is 2. The van der Waals surface area contributed by atoms with Gasteiger partial charge in [0.1, 0.15) is 6.07 Å². The number of nitrogens with one attached hydrogen (secondary N) is 1. The summed E-state index contributed by atoms with van der Waals surface area (Å²) in [5.41, 5.74) is 1.71. The van der Waals surface area contributed by atoms with E-state index in [4.69, 9.17) is 4.74 Å². The monoisotopic (exact) mass is 271 g/mol. The van der Waals surface area contributed by atoms with Crippen LogP contribution >= 0.6 is 0 Å². The first-order valence-electron chi connectivity index (χ1n) is 6.89. The fourth-order valence-corrected chi connectivity index (χ4v) is 2.90. The van der Waals surface area contributed by atoms with Crippen molar-refractivity contribution in [2.24, 2.45) is 0 Å². The maximum atomic E-state index is 12.0. The fraction of sp³-hybridized carbons (Fsp3) is 0.467. The summed E-state index contributed by atoms with van der Waals surface area (Å²) in [6.07, 6.45) is 1.26. The number of ether oxygens (including phenoxy) is 1. The molecule has 3 rings (SSSR count). The highest BCUT2D eigenvalue weighted by atomic mass is 16.5. The Kier molecular flexibility index (Phi) is 3.11. The van der Waals surface area contributed by atoms with Gasteiger partial charge in [0.15, 0.2) is 5.72 Å². The summed E-state index contributed by atoms with van der Waals surface area (Å²) in [5, 5.41) is 12.5. The number of likely N-dealkylation sites (tertiary alicyclic amines) is 1. The van der Waals surface area contributed by atoms with Crippen molar-refractivity contribution in [1.82, 2.24) is 4.90 Å². The van der Waals surface area contributed by atoms with Crippen molar-refractivity contribution < 1.29 is 9.53 Å². The lowest BCUT2D eigenvalue weighted by Crippen LogP contribution is -2.46. The zero-order chi connectivity index (χ0) is 14.2. The molecule has 5 heteroatoms. The average molecular weight is 271 g/mol. The molecule has 0 saturated carbocycles. The van der Waals surface area contributed by atoms with E-state index in [2.05, 4.69) is 18.3 Å².